The zero-order chi connectivity index (χ0) is 28.6. The lowest BCUT2D eigenvalue weighted by molar-refractivity contribution is -0.115. The van der Waals surface area contributed by atoms with Crippen LogP contribution in [0.2, 0.25) is 0 Å². The normalized spacial score (nSPS) is 15.4. The third-order valence-electron chi connectivity index (χ3n) is 6.93. The number of nitrogens with zero attached hydrogens (tertiary/aromatic N) is 4. The predicted molar refractivity (Wildman–Crippen MR) is 151 cm³/mol. The number of hydrogen-bond acceptors (Lipinski definition) is 6. The minimum atomic E-state index is -0.555. The second-order valence-electron chi connectivity index (χ2n) is 11.2. The largest absolute Gasteiger partial charge is 0.456 e. The number of nitrogens with one attached hydrogen (secondary N) is 1. The summed E-state index contributed by atoms with van der Waals surface area (Å²) in [7, 11) is 0. The van der Waals surface area contributed by atoms with Crippen molar-refractivity contribution in [2.45, 2.75) is 52.1 Å². The van der Waals surface area contributed by atoms with Crippen molar-refractivity contribution in [3.8, 4) is 11.5 Å². The van der Waals surface area contributed by atoms with Crippen molar-refractivity contribution >= 4 is 28.4 Å². The van der Waals surface area contributed by atoms with Gasteiger partial charge in [-0.05, 0) is 75.6 Å². The Morgan fingerprint density at radius 3 is 2.67 bits per heavy atom. The molecule has 1 aliphatic rings. The number of benzene rings is 2. The third-order valence-corrected chi connectivity index (χ3v) is 6.93. The number of anilines is 1. The highest BCUT2D eigenvalue weighted by Gasteiger charge is 2.25. The number of nitrogens with two attached hydrogens (primary N) is 1. The van der Waals surface area contributed by atoms with Gasteiger partial charge in [0, 0.05) is 48.5 Å². The maximum atomic E-state index is 15.1. The number of rotatable bonds is 6. The number of amides is 2. The Kier molecular flexibility index (Phi) is 7.29. The molecule has 2 aromatic carbocycles. The molecule has 40 heavy (non-hydrogen) atoms. The lowest BCUT2D eigenvalue weighted by atomic mass is 10.1. The first-order valence-corrected chi connectivity index (χ1v) is 13.2. The summed E-state index contributed by atoms with van der Waals surface area (Å²) >= 11 is 0. The molecule has 10 heteroatoms. The lowest BCUT2D eigenvalue weighted by Crippen LogP contribution is -2.31. The van der Waals surface area contributed by atoms with E-state index in [-0.39, 0.29) is 35.4 Å². The van der Waals surface area contributed by atoms with E-state index in [2.05, 4.69) is 15.4 Å². The summed E-state index contributed by atoms with van der Waals surface area (Å²) in [5.74, 6) is -0.248. The number of ether oxygens (including phenoxy) is 1. The van der Waals surface area contributed by atoms with Gasteiger partial charge in [-0.3, -0.25) is 19.3 Å². The van der Waals surface area contributed by atoms with E-state index in [0.717, 1.165) is 6.42 Å². The molecule has 0 radical (unpaired) electrons. The molecule has 0 bridgehead atoms. The third kappa shape index (κ3) is 5.81. The molecule has 1 atom stereocenters. The molecular weight excluding hydrogens is 511 g/mol. The van der Waals surface area contributed by atoms with Crippen LogP contribution < -0.4 is 15.8 Å². The molecule has 3 heterocycles. The van der Waals surface area contributed by atoms with Crippen molar-refractivity contribution in [2.24, 2.45) is 5.73 Å². The quantitative estimate of drug-likeness (QED) is 0.361. The molecule has 2 aromatic heterocycles. The fourth-order valence-electron chi connectivity index (χ4n) is 4.72. The number of hydrogen-bond donors (Lipinski definition) is 2. The maximum absolute atomic E-state index is 15.1. The summed E-state index contributed by atoms with van der Waals surface area (Å²) < 4.78 is 23.0. The van der Waals surface area contributed by atoms with E-state index in [9.17, 15) is 9.59 Å². The van der Waals surface area contributed by atoms with E-state index >= 15 is 4.39 Å². The summed E-state index contributed by atoms with van der Waals surface area (Å²) in [6, 6.07) is 9.81. The number of carbonyl (C=O) groups is 2. The van der Waals surface area contributed by atoms with Gasteiger partial charge in [0.1, 0.15) is 17.3 Å². The van der Waals surface area contributed by atoms with Crippen LogP contribution in [0.3, 0.4) is 0 Å². The van der Waals surface area contributed by atoms with Crippen LogP contribution in [-0.4, -0.2) is 50.6 Å². The molecule has 9 nitrogen and oxygen atoms in total. The molecule has 0 spiro atoms. The molecule has 5 rings (SSSR count). The molecule has 2 amide bonds. The number of fused-ring (bicyclic) bond motifs is 1. The van der Waals surface area contributed by atoms with Gasteiger partial charge in [-0.15, -0.1) is 0 Å². The average Bonchev–Trinajstić information content (AvgIpc) is 3.55. The van der Waals surface area contributed by atoms with E-state index in [1.165, 1.54) is 6.07 Å². The van der Waals surface area contributed by atoms with Crippen LogP contribution in [0.5, 0.6) is 11.5 Å². The van der Waals surface area contributed by atoms with Gasteiger partial charge in [0.15, 0.2) is 0 Å². The van der Waals surface area contributed by atoms with E-state index in [0.29, 0.717) is 52.3 Å². The first-order valence-electron chi connectivity index (χ1n) is 13.2. The standard InChI is InChI=1S/C30H33FN6O3/c1-18-11-20(13-28(38)35-22-15-34-37(17-22)30(2,3)4)24(31)14-27(18)40-26-7-9-33-25-6-5-19(12-23(25)26)29(39)36-10-8-21(32)16-36/h5-7,9,11-12,14-15,17,21H,8,10,13,16,32H2,1-4H3,(H,35,38). The van der Waals surface area contributed by atoms with Gasteiger partial charge in [0.2, 0.25) is 5.91 Å². The Bertz CT molecular complexity index is 1590. The summed E-state index contributed by atoms with van der Waals surface area (Å²) in [5.41, 5.74) is 8.37. The molecule has 1 unspecified atom stereocenters. The number of likely N-dealkylation sites (tertiary alicyclic amines) is 1. The average molecular weight is 545 g/mol. The SMILES string of the molecule is Cc1cc(CC(=O)Nc2cnn(C(C)(C)C)c2)c(F)cc1Oc1ccnc2ccc(C(=O)N3CCC(N)C3)cc12. The number of aromatic nitrogens is 3. The van der Waals surface area contributed by atoms with Crippen LogP contribution in [0, 0.1) is 12.7 Å². The van der Waals surface area contributed by atoms with Crippen LogP contribution in [0.1, 0.15) is 48.7 Å². The van der Waals surface area contributed by atoms with Crippen LogP contribution in [-0.2, 0) is 16.8 Å². The number of pyridine rings is 1. The Labute approximate surface area is 232 Å². The van der Waals surface area contributed by atoms with Gasteiger partial charge in [-0.1, -0.05) is 0 Å². The Hall–Kier alpha value is -4.31. The molecule has 208 valence electrons. The van der Waals surface area contributed by atoms with Gasteiger partial charge in [0.25, 0.3) is 5.91 Å². The smallest absolute Gasteiger partial charge is 0.253 e. The molecule has 3 N–H and O–H groups in total. The molecule has 1 saturated heterocycles. The summed E-state index contributed by atoms with van der Waals surface area (Å²) in [5, 5.41) is 7.68. The minimum absolute atomic E-state index is 0.00985. The lowest BCUT2D eigenvalue weighted by Gasteiger charge is -2.18. The Morgan fingerprint density at radius 2 is 1.98 bits per heavy atom. The van der Waals surface area contributed by atoms with Gasteiger partial charge in [0.05, 0.1) is 29.4 Å². The van der Waals surface area contributed by atoms with Crippen LogP contribution >= 0.6 is 0 Å². The zero-order valence-corrected chi connectivity index (χ0v) is 23.1. The van der Waals surface area contributed by atoms with Crippen molar-refractivity contribution in [3.05, 3.63) is 77.5 Å². The van der Waals surface area contributed by atoms with Crippen LogP contribution in [0.15, 0.2) is 55.0 Å². The predicted octanol–water partition coefficient (Wildman–Crippen LogP) is 4.78. The molecule has 0 aliphatic carbocycles. The second-order valence-corrected chi connectivity index (χ2v) is 11.2. The Morgan fingerprint density at radius 1 is 1.18 bits per heavy atom. The van der Waals surface area contributed by atoms with E-state index in [4.69, 9.17) is 10.5 Å². The van der Waals surface area contributed by atoms with E-state index in [1.54, 1.807) is 65.4 Å². The monoisotopic (exact) mass is 544 g/mol. The van der Waals surface area contributed by atoms with Gasteiger partial charge in [-0.25, -0.2) is 4.39 Å². The van der Waals surface area contributed by atoms with Crippen molar-refractivity contribution in [3.63, 3.8) is 0 Å². The molecule has 0 saturated carbocycles. The zero-order valence-electron chi connectivity index (χ0n) is 23.1. The summed E-state index contributed by atoms with van der Waals surface area (Å²) in [4.78, 5) is 31.8. The van der Waals surface area contributed by atoms with Gasteiger partial charge < -0.3 is 20.7 Å². The fraction of sp³-hybridized carbons (Fsp3) is 0.333. The first kappa shape index (κ1) is 27.3. The minimum Gasteiger partial charge on any atom is -0.456 e. The van der Waals surface area contributed by atoms with Gasteiger partial charge in [-0.2, -0.15) is 5.10 Å². The maximum Gasteiger partial charge on any atom is 0.253 e. The summed E-state index contributed by atoms with van der Waals surface area (Å²) in [6.07, 6.45) is 5.55. The number of aryl methyl sites for hydroxylation is 1. The first-order chi connectivity index (χ1) is 19.0. The van der Waals surface area contributed by atoms with E-state index < -0.39 is 5.82 Å². The van der Waals surface area contributed by atoms with Crippen LogP contribution in [0.4, 0.5) is 10.1 Å². The molecule has 4 aromatic rings. The second kappa shape index (κ2) is 10.7. The van der Waals surface area contributed by atoms with E-state index in [1.807, 2.05) is 20.8 Å². The highest BCUT2D eigenvalue weighted by Crippen LogP contribution is 2.33. The molecular formula is C30H33FN6O3. The number of carbonyl (C=O) groups excluding carboxylic acids is 2. The van der Waals surface area contributed by atoms with Crippen molar-refractivity contribution in [1.82, 2.24) is 19.7 Å². The highest BCUT2D eigenvalue weighted by molar-refractivity contribution is 5.99. The fourth-order valence-corrected chi connectivity index (χ4v) is 4.72. The Balaban J connectivity index is 1.33. The highest BCUT2D eigenvalue weighted by atomic mass is 19.1. The molecule has 1 fully saturated rings. The topological polar surface area (TPSA) is 115 Å². The summed E-state index contributed by atoms with van der Waals surface area (Å²) in [6.45, 7) is 8.95. The number of halogens is 1. The van der Waals surface area contributed by atoms with Crippen molar-refractivity contribution in [2.75, 3.05) is 18.4 Å². The van der Waals surface area contributed by atoms with Gasteiger partial charge >= 0.3 is 0 Å². The van der Waals surface area contributed by atoms with Crippen molar-refractivity contribution in [1.29, 1.82) is 0 Å². The molecule has 1 aliphatic heterocycles. The van der Waals surface area contributed by atoms with Crippen molar-refractivity contribution < 1.29 is 18.7 Å². The van der Waals surface area contributed by atoms with Crippen LogP contribution in [0.25, 0.3) is 10.9 Å².